The lowest BCUT2D eigenvalue weighted by atomic mass is 9.99. The van der Waals surface area contributed by atoms with E-state index in [1.54, 1.807) is 0 Å². The van der Waals surface area contributed by atoms with Gasteiger partial charge in [0, 0.05) is 31.2 Å². The van der Waals surface area contributed by atoms with Gasteiger partial charge in [-0.2, -0.15) is 0 Å². The van der Waals surface area contributed by atoms with Crippen molar-refractivity contribution in [1.29, 1.82) is 0 Å². The minimum atomic E-state index is -0.0963. The fraction of sp³-hybridized carbons (Fsp3) is 0.412. The molecule has 1 aromatic heterocycles. The first-order valence-electron chi connectivity index (χ1n) is 7.32. The molecule has 1 saturated heterocycles. The molecule has 0 spiro atoms. The summed E-state index contributed by atoms with van der Waals surface area (Å²) in [4.78, 5) is 18.6. The molecule has 2 unspecified atom stereocenters. The molecule has 1 aliphatic heterocycles. The van der Waals surface area contributed by atoms with Gasteiger partial charge in [-0.1, -0.05) is 31.2 Å². The number of carbonyl (C=O) groups is 1. The van der Waals surface area contributed by atoms with Crippen molar-refractivity contribution in [2.24, 2.45) is 11.8 Å². The number of methoxy groups -OCH3 is 1. The largest absolute Gasteiger partial charge is 0.469 e. The van der Waals surface area contributed by atoms with Gasteiger partial charge in [0.05, 0.1) is 18.5 Å². The molecule has 0 radical (unpaired) electrons. The van der Waals surface area contributed by atoms with E-state index < -0.39 is 0 Å². The van der Waals surface area contributed by atoms with Gasteiger partial charge in [0.25, 0.3) is 0 Å². The highest BCUT2D eigenvalue weighted by atomic mass is 16.5. The Balaban J connectivity index is 1.79. The molecule has 2 heterocycles. The monoisotopic (exact) mass is 284 g/mol. The molecule has 4 heteroatoms. The number of fused-ring (bicyclic) bond motifs is 1. The van der Waals surface area contributed by atoms with Crippen molar-refractivity contribution in [2.75, 3.05) is 20.2 Å². The molecule has 4 nitrogen and oxygen atoms in total. The van der Waals surface area contributed by atoms with E-state index in [2.05, 4.69) is 41.1 Å². The summed E-state index contributed by atoms with van der Waals surface area (Å²) in [5, 5.41) is 1.16. The average molecular weight is 284 g/mol. The third-order valence-electron chi connectivity index (χ3n) is 4.30. The van der Waals surface area contributed by atoms with Crippen LogP contribution in [0.3, 0.4) is 0 Å². The van der Waals surface area contributed by atoms with E-state index in [4.69, 9.17) is 4.74 Å². The van der Waals surface area contributed by atoms with Crippen LogP contribution in [0, 0.1) is 11.8 Å². The zero-order valence-corrected chi connectivity index (χ0v) is 12.5. The Morgan fingerprint density at radius 2 is 2.14 bits per heavy atom. The van der Waals surface area contributed by atoms with Gasteiger partial charge in [-0.3, -0.25) is 14.7 Å². The van der Waals surface area contributed by atoms with E-state index >= 15 is 0 Å². The zero-order valence-electron chi connectivity index (χ0n) is 12.5. The molecule has 0 bridgehead atoms. The van der Waals surface area contributed by atoms with Crippen LogP contribution in [0.15, 0.2) is 36.5 Å². The van der Waals surface area contributed by atoms with E-state index in [1.807, 2.05) is 12.3 Å². The van der Waals surface area contributed by atoms with Crippen LogP contribution < -0.4 is 0 Å². The quantitative estimate of drug-likeness (QED) is 0.812. The van der Waals surface area contributed by atoms with Crippen molar-refractivity contribution in [3.63, 3.8) is 0 Å². The second kappa shape index (κ2) is 5.82. The number of likely N-dealkylation sites (tertiary alicyclic amines) is 1. The maximum atomic E-state index is 11.8. The first-order chi connectivity index (χ1) is 10.2. The maximum absolute atomic E-state index is 11.8. The van der Waals surface area contributed by atoms with Crippen molar-refractivity contribution in [3.8, 4) is 0 Å². The number of aromatic nitrogens is 1. The van der Waals surface area contributed by atoms with Crippen LogP contribution in [0.5, 0.6) is 0 Å². The zero-order chi connectivity index (χ0) is 14.8. The number of hydrogen-bond acceptors (Lipinski definition) is 4. The van der Waals surface area contributed by atoms with Gasteiger partial charge < -0.3 is 4.74 Å². The Labute approximate surface area is 124 Å². The van der Waals surface area contributed by atoms with Gasteiger partial charge in [-0.05, 0) is 17.5 Å². The maximum Gasteiger partial charge on any atom is 0.310 e. The second-order valence-corrected chi connectivity index (χ2v) is 5.79. The fourth-order valence-electron chi connectivity index (χ4n) is 3.19. The van der Waals surface area contributed by atoms with E-state index in [0.29, 0.717) is 5.92 Å². The summed E-state index contributed by atoms with van der Waals surface area (Å²) in [7, 11) is 1.46. The molecule has 1 aromatic carbocycles. The van der Waals surface area contributed by atoms with Crippen molar-refractivity contribution >= 4 is 16.9 Å². The van der Waals surface area contributed by atoms with E-state index in [9.17, 15) is 4.79 Å². The smallest absolute Gasteiger partial charge is 0.310 e. The minimum Gasteiger partial charge on any atom is -0.469 e. The lowest BCUT2D eigenvalue weighted by molar-refractivity contribution is -0.146. The second-order valence-electron chi connectivity index (χ2n) is 5.79. The number of carbonyl (C=O) groups excluding carboxylic acids is 1. The molecule has 0 saturated carbocycles. The van der Waals surface area contributed by atoms with Crippen LogP contribution in [0.4, 0.5) is 0 Å². The molecule has 21 heavy (non-hydrogen) atoms. The molecule has 0 aliphatic carbocycles. The molecule has 1 fully saturated rings. The Bertz CT molecular complexity index is 651. The summed E-state index contributed by atoms with van der Waals surface area (Å²) < 4.78 is 4.90. The Kier molecular flexibility index (Phi) is 3.88. The van der Waals surface area contributed by atoms with Crippen molar-refractivity contribution in [2.45, 2.75) is 13.5 Å². The Morgan fingerprint density at radius 3 is 2.95 bits per heavy atom. The summed E-state index contributed by atoms with van der Waals surface area (Å²) in [6.45, 7) is 4.62. The summed E-state index contributed by atoms with van der Waals surface area (Å²) >= 11 is 0. The number of para-hydroxylation sites is 1. The summed E-state index contributed by atoms with van der Waals surface area (Å²) in [6, 6.07) is 10.3. The van der Waals surface area contributed by atoms with Gasteiger partial charge in [0.1, 0.15) is 0 Å². The predicted octanol–water partition coefficient (Wildman–Crippen LogP) is 2.48. The molecule has 110 valence electrons. The fourth-order valence-corrected chi connectivity index (χ4v) is 3.19. The van der Waals surface area contributed by atoms with Crippen LogP contribution in [0.2, 0.25) is 0 Å². The first-order valence-corrected chi connectivity index (χ1v) is 7.32. The molecule has 0 amide bonds. The van der Waals surface area contributed by atoms with Gasteiger partial charge >= 0.3 is 5.97 Å². The number of esters is 1. The minimum absolute atomic E-state index is 0.0158. The third-order valence-corrected chi connectivity index (χ3v) is 4.30. The van der Waals surface area contributed by atoms with E-state index in [-0.39, 0.29) is 11.9 Å². The molecule has 2 atom stereocenters. The van der Waals surface area contributed by atoms with Gasteiger partial charge in [0.2, 0.25) is 0 Å². The summed E-state index contributed by atoms with van der Waals surface area (Å²) in [6.07, 6.45) is 1.83. The SMILES string of the molecule is COC(=O)C1CN(Cc2cccc3cccnc23)CC1C. The van der Waals surface area contributed by atoms with E-state index in [0.717, 1.165) is 30.5 Å². The molecule has 2 aromatic rings. The number of ether oxygens (including phenoxy) is 1. The molecular formula is C17H20N2O2. The lowest BCUT2D eigenvalue weighted by Gasteiger charge is -2.16. The highest BCUT2D eigenvalue weighted by Gasteiger charge is 2.35. The topological polar surface area (TPSA) is 42.4 Å². The average Bonchev–Trinajstić information content (AvgIpc) is 2.87. The number of benzene rings is 1. The molecule has 0 N–H and O–H groups in total. The predicted molar refractivity (Wildman–Crippen MR) is 81.7 cm³/mol. The number of nitrogens with zero attached hydrogens (tertiary/aromatic N) is 2. The molecular weight excluding hydrogens is 264 g/mol. The number of hydrogen-bond donors (Lipinski definition) is 0. The number of rotatable bonds is 3. The van der Waals surface area contributed by atoms with Crippen LogP contribution in [-0.2, 0) is 16.1 Å². The standard InChI is InChI=1S/C17H20N2O2/c1-12-9-19(11-15(12)17(20)21-2)10-14-6-3-5-13-7-4-8-18-16(13)14/h3-8,12,15H,9-11H2,1-2H3. The first kappa shape index (κ1) is 14.0. The number of pyridine rings is 1. The summed E-state index contributed by atoms with van der Waals surface area (Å²) in [5.74, 6) is 0.222. The van der Waals surface area contributed by atoms with Crippen LogP contribution in [-0.4, -0.2) is 36.1 Å². The van der Waals surface area contributed by atoms with Crippen molar-refractivity contribution in [3.05, 3.63) is 42.1 Å². The van der Waals surface area contributed by atoms with Crippen molar-refractivity contribution in [1.82, 2.24) is 9.88 Å². The lowest BCUT2D eigenvalue weighted by Crippen LogP contribution is -2.24. The highest BCUT2D eigenvalue weighted by Crippen LogP contribution is 2.27. The third kappa shape index (κ3) is 2.76. The highest BCUT2D eigenvalue weighted by molar-refractivity contribution is 5.81. The Morgan fingerprint density at radius 1 is 1.33 bits per heavy atom. The molecule has 1 aliphatic rings. The molecule has 3 rings (SSSR count). The van der Waals surface area contributed by atoms with E-state index in [1.165, 1.54) is 12.7 Å². The van der Waals surface area contributed by atoms with Gasteiger partial charge in [-0.25, -0.2) is 0 Å². The Hall–Kier alpha value is -1.94. The van der Waals surface area contributed by atoms with Gasteiger partial charge in [-0.15, -0.1) is 0 Å². The van der Waals surface area contributed by atoms with Crippen molar-refractivity contribution < 1.29 is 9.53 Å². The normalized spacial score (nSPS) is 22.6. The van der Waals surface area contributed by atoms with Gasteiger partial charge in [0.15, 0.2) is 0 Å². The van der Waals surface area contributed by atoms with Crippen LogP contribution in [0.1, 0.15) is 12.5 Å². The summed E-state index contributed by atoms with van der Waals surface area (Å²) in [5.41, 5.74) is 2.26. The van der Waals surface area contributed by atoms with Crippen LogP contribution in [0.25, 0.3) is 10.9 Å². The van der Waals surface area contributed by atoms with Crippen LogP contribution >= 0.6 is 0 Å².